The minimum Gasteiger partial charge on any atom is -0.338 e. The standard InChI is InChI=1S/C16H19FN4O3S/c1-20-5-3-19-15(20)12-6-13(8-14(17)7-12)16(22)21-4-2-11(9-21)10-25(18,23)24/h3,5-8,11H,2,4,9-10H2,1H3,(H2,18,23,24). The zero-order valence-electron chi connectivity index (χ0n) is 13.7. The summed E-state index contributed by atoms with van der Waals surface area (Å²) in [5, 5.41) is 5.07. The molecule has 3 rings (SSSR count). The molecule has 1 unspecified atom stereocenters. The summed E-state index contributed by atoms with van der Waals surface area (Å²) in [6, 6.07) is 4.11. The van der Waals surface area contributed by atoms with Crippen LogP contribution < -0.4 is 5.14 Å². The average molecular weight is 366 g/mol. The summed E-state index contributed by atoms with van der Waals surface area (Å²) in [5.74, 6) is -0.641. The van der Waals surface area contributed by atoms with Gasteiger partial charge in [0.25, 0.3) is 5.91 Å². The van der Waals surface area contributed by atoms with Gasteiger partial charge in [0.05, 0.1) is 5.75 Å². The van der Waals surface area contributed by atoms with E-state index in [0.29, 0.717) is 30.9 Å². The Balaban J connectivity index is 1.81. The van der Waals surface area contributed by atoms with Crippen molar-refractivity contribution in [3.05, 3.63) is 42.0 Å². The number of aromatic nitrogens is 2. The van der Waals surface area contributed by atoms with Gasteiger partial charge in [-0.2, -0.15) is 0 Å². The Bertz CT molecular complexity index is 910. The highest BCUT2D eigenvalue weighted by atomic mass is 32.2. The number of imidazole rings is 1. The predicted octanol–water partition coefficient (Wildman–Crippen LogP) is 0.977. The number of carbonyl (C=O) groups excluding carboxylic acids is 1. The summed E-state index contributed by atoms with van der Waals surface area (Å²) >= 11 is 0. The number of hydrogen-bond donors (Lipinski definition) is 1. The maximum Gasteiger partial charge on any atom is 0.253 e. The second kappa shape index (κ2) is 6.57. The molecule has 1 aromatic carbocycles. The van der Waals surface area contributed by atoms with Gasteiger partial charge in [0.1, 0.15) is 11.6 Å². The summed E-state index contributed by atoms with van der Waals surface area (Å²) in [6.07, 6.45) is 3.89. The molecule has 25 heavy (non-hydrogen) atoms. The van der Waals surface area contributed by atoms with Crippen molar-refractivity contribution in [2.75, 3.05) is 18.8 Å². The molecule has 2 heterocycles. The van der Waals surface area contributed by atoms with Gasteiger partial charge < -0.3 is 9.47 Å². The summed E-state index contributed by atoms with van der Waals surface area (Å²) in [4.78, 5) is 18.4. The Hall–Kier alpha value is -2.26. The molecule has 134 valence electrons. The maximum atomic E-state index is 14.0. The molecule has 1 fully saturated rings. The van der Waals surface area contributed by atoms with Crippen molar-refractivity contribution in [1.29, 1.82) is 0 Å². The molecule has 1 aliphatic rings. The molecule has 7 nitrogen and oxygen atoms in total. The second-order valence-corrected chi connectivity index (χ2v) is 7.98. The van der Waals surface area contributed by atoms with Gasteiger partial charge in [0.15, 0.2) is 0 Å². The molecule has 0 radical (unpaired) electrons. The van der Waals surface area contributed by atoms with Crippen LogP contribution in [-0.4, -0.2) is 47.6 Å². The molecule has 1 amide bonds. The predicted molar refractivity (Wildman–Crippen MR) is 90.6 cm³/mol. The van der Waals surface area contributed by atoms with E-state index >= 15 is 0 Å². The van der Waals surface area contributed by atoms with Crippen LogP contribution in [0.5, 0.6) is 0 Å². The third kappa shape index (κ3) is 4.05. The Kier molecular flexibility index (Phi) is 4.61. The summed E-state index contributed by atoms with van der Waals surface area (Å²) in [5.41, 5.74) is 0.727. The van der Waals surface area contributed by atoms with E-state index in [-0.39, 0.29) is 23.1 Å². The van der Waals surface area contributed by atoms with Crippen molar-refractivity contribution in [2.24, 2.45) is 18.1 Å². The molecule has 9 heteroatoms. The molecule has 2 aromatic rings. The van der Waals surface area contributed by atoms with Crippen molar-refractivity contribution in [1.82, 2.24) is 14.5 Å². The lowest BCUT2D eigenvalue weighted by Crippen LogP contribution is -2.31. The SMILES string of the molecule is Cn1ccnc1-c1cc(F)cc(C(=O)N2CCC(CS(N)(=O)=O)C2)c1. The van der Waals surface area contributed by atoms with Crippen LogP contribution in [0.2, 0.25) is 0 Å². The molecule has 0 bridgehead atoms. The molecule has 0 saturated carbocycles. The van der Waals surface area contributed by atoms with Gasteiger partial charge in [-0.1, -0.05) is 0 Å². The number of benzene rings is 1. The minimum atomic E-state index is -3.58. The van der Waals surface area contributed by atoms with Crippen molar-refractivity contribution in [3.8, 4) is 11.4 Å². The summed E-state index contributed by atoms with van der Waals surface area (Å²) < 4.78 is 38.1. The highest BCUT2D eigenvalue weighted by Gasteiger charge is 2.29. The lowest BCUT2D eigenvalue weighted by molar-refractivity contribution is 0.0787. The third-order valence-electron chi connectivity index (χ3n) is 4.27. The number of aryl methyl sites for hydroxylation is 1. The van der Waals surface area contributed by atoms with Crippen LogP contribution in [0.15, 0.2) is 30.6 Å². The number of nitrogens with zero attached hydrogens (tertiary/aromatic N) is 3. The molecule has 1 aliphatic heterocycles. The first-order valence-electron chi connectivity index (χ1n) is 7.81. The van der Waals surface area contributed by atoms with Crippen LogP contribution in [0.4, 0.5) is 4.39 Å². The average Bonchev–Trinajstić information content (AvgIpc) is 3.13. The van der Waals surface area contributed by atoms with Crippen LogP contribution >= 0.6 is 0 Å². The van der Waals surface area contributed by atoms with Gasteiger partial charge in [-0.25, -0.2) is 22.9 Å². The fourth-order valence-electron chi connectivity index (χ4n) is 3.15. The van der Waals surface area contributed by atoms with E-state index in [2.05, 4.69) is 4.98 Å². The molecule has 1 atom stereocenters. The quantitative estimate of drug-likeness (QED) is 0.872. The number of amides is 1. The molecule has 1 aromatic heterocycles. The zero-order chi connectivity index (χ0) is 18.2. The van der Waals surface area contributed by atoms with E-state index in [0.717, 1.165) is 0 Å². The number of hydrogen-bond acceptors (Lipinski definition) is 4. The van der Waals surface area contributed by atoms with Gasteiger partial charge in [0, 0.05) is 43.7 Å². The molecular weight excluding hydrogens is 347 g/mol. The Morgan fingerprint density at radius 3 is 2.80 bits per heavy atom. The highest BCUT2D eigenvalue weighted by molar-refractivity contribution is 7.89. The Morgan fingerprint density at radius 2 is 2.16 bits per heavy atom. The van der Waals surface area contributed by atoms with E-state index in [1.165, 1.54) is 17.0 Å². The number of primary sulfonamides is 1. The zero-order valence-corrected chi connectivity index (χ0v) is 14.5. The van der Waals surface area contributed by atoms with Crippen molar-refractivity contribution in [2.45, 2.75) is 6.42 Å². The fraction of sp³-hybridized carbons (Fsp3) is 0.375. The lowest BCUT2D eigenvalue weighted by Gasteiger charge is -2.17. The first-order valence-corrected chi connectivity index (χ1v) is 9.52. The number of likely N-dealkylation sites (tertiary alicyclic amines) is 1. The van der Waals surface area contributed by atoms with E-state index in [4.69, 9.17) is 5.14 Å². The number of sulfonamides is 1. The van der Waals surface area contributed by atoms with Crippen LogP contribution in [-0.2, 0) is 17.1 Å². The third-order valence-corrected chi connectivity index (χ3v) is 5.20. The smallest absolute Gasteiger partial charge is 0.253 e. The van der Waals surface area contributed by atoms with Crippen molar-refractivity contribution < 1.29 is 17.6 Å². The van der Waals surface area contributed by atoms with E-state index in [1.807, 2.05) is 0 Å². The Labute approximate surface area is 145 Å². The summed E-state index contributed by atoms with van der Waals surface area (Å²) in [6.45, 7) is 0.719. The Morgan fingerprint density at radius 1 is 1.40 bits per heavy atom. The molecule has 2 N–H and O–H groups in total. The van der Waals surface area contributed by atoms with Crippen LogP contribution in [0.1, 0.15) is 16.8 Å². The number of carbonyl (C=O) groups is 1. The van der Waals surface area contributed by atoms with Crippen LogP contribution in [0.25, 0.3) is 11.4 Å². The van der Waals surface area contributed by atoms with E-state index in [9.17, 15) is 17.6 Å². The fourth-order valence-corrected chi connectivity index (χ4v) is 4.08. The molecular formula is C16H19FN4O3S. The molecule has 0 spiro atoms. The summed E-state index contributed by atoms with van der Waals surface area (Å²) in [7, 11) is -1.79. The van der Waals surface area contributed by atoms with Crippen LogP contribution in [0, 0.1) is 11.7 Å². The molecule has 0 aliphatic carbocycles. The first-order chi connectivity index (χ1) is 11.7. The van der Waals surface area contributed by atoms with E-state index in [1.54, 1.807) is 30.1 Å². The minimum absolute atomic E-state index is 0.154. The maximum absolute atomic E-state index is 14.0. The van der Waals surface area contributed by atoms with Crippen molar-refractivity contribution in [3.63, 3.8) is 0 Å². The van der Waals surface area contributed by atoms with Gasteiger partial charge >= 0.3 is 0 Å². The lowest BCUT2D eigenvalue weighted by atomic mass is 10.1. The monoisotopic (exact) mass is 366 g/mol. The normalized spacial score (nSPS) is 17.9. The number of rotatable bonds is 4. The first kappa shape index (κ1) is 17.6. The van der Waals surface area contributed by atoms with Gasteiger partial charge in [0.2, 0.25) is 10.0 Å². The van der Waals surface area contributed by atoms with Crippen LogP contribution in [0.3, 0.4) is 0 Å². The number of halogens is 1. The molecule has 1 saturated heterocycles. The topological polar surface area (TPSA) is 98.3 Å². The second-order valence-electron chi connectivity index (χ2n) is 6.33. The van der Waals surface area contributed by atoms with Gasteiger partial charge in [-0.3, -0.25) is 4.79 Å². The van der Waals surface area contributed by atoms with Gasteiger partial charge in [-0.05, 0) is 30.5 Å². The number of nitrogens with two attached hydrogens (primary N) is 1. The van der Waals surface area contributed by atoms with E-state index < -0.39 is 15.8 Å². The van der Waals surface area contributed by atoms with Crippen molar-refractivity contribution >= 4 is 15.9 Å². The largest absolute Gasteiger partial charge is 0.338 e. The highest BCUT2D eigenvalue weighted by Crippen LogP contribution is 2.24. The van der Waals surface area contributed by atoms with Gasteiger partial charge in [-0.15, -0.1) is 0 Å².